The van der Waals surface area contributed by atoms with Crippen molar-refractivity contribution in [2.45, 2.75) is 38.5 Å². The van der Waals surface area contributed by atoms with E-state index in [1.807, 2.05) is 22.4 Å². The average molecular weight is 291 g/mol. The Morgan fingerprint density at radius 3 is 2.25 bits per heavy atom. The third-order valence-corrected chi connectivity index (χ3v) is 4.98. The fourth-order valence-corrected chi connectivity index (χ4v) is 3.14. The molecular weight excluding hydrogens is 270 g/mol. The monoisotopic (exact) mass is 291 g/mol. The number of rotatable bonds is 8. The number of ketones is 1. The van der Waals surface area contributed by atoms with Gasteiger partial charge < -0.3 is 4.90 Å². The molecule has 20 heavy (non-hydrogen) atoms. The van der Waals surface area contributed by atoms with Crippen LogP contribution in [0.15, 0.2) is 17.5 Å². The maximum atomic E-state index is 12.3. The van der Waals surface area contributed by atoms with Gasteiger partial charge in [-0.1, -0.05) is 6.07 Å². The van der Waals surface area contributed by atoms with Gasteiger partial charge in [0.15, 0.2) is 5.78 Å². The summed E-state index contributed by atoms with van der Waals surface area (Å²) < 4.78 is 0. The molecule has 1 aromatic rings. The normalized spacial score (nSPS) is 18.0. The summed E-state index contributed by atoms with van der Waals surface area (Å²) in [5, 5.41) is 1.90. The summed E-state index contributed by atoms with van der Waals surface area (Å²) in [6.45, 7) is 1.84. The predicted octanol–water partition coefficient (Wildman–Crippen LogP) is 3.36. The van der Waals surface area contributed by atoms with Crippen LogP contribution >= 0.6 is 11.3 Å². The van der Waals surface area contributed by atoms with E-state index >= 15 is 0 Å². The third kappa shape index (κ3) is 3.92. The predicted molar refractivity (Wildman–Crippen MR) is 79.9 cm³/mol. The van der Waals surface area contributed by atoms with E-state index in [0.717, 1.165) is 29.8 Å². The Kier molecular flexibility index (Phi) is 4.20. The topological polar surface area (TPSA) is 37.4 Å². The van der Waals surface area contributed by atoms with Crippen molar-refractivity contribution in [3.8, 4) is 0 Å². The van der Waals surface area contributed by atoms with Crippen molar-refractivity contribution in [2.75, 3.05) is 13.1 Å². The van der Waals surface area contributed by atoms with Crippen molar-refractivity contribution in [1.29, 1.82) is 0 Å². The molecule has 0 unspecified atom stereocenters. The molecule has 2 fully saturated rings. The lowest BCUT2D eigenvalue weighted by Gasteiger charge is -2.22. The molecule has 0 aromatic carbocycles. The van der Waals surface area contributed by atoms with Crippen LogP contribution in [0.2, 0.25) is 0 Å². The van der Waals surface area contributed by atoms with Gasteiger partial charge in [0.1, 0.15) is 0 Å². The van der Waals surface area contributed by atoms with Crippen LogP contribution in [-0.4, -0.2) is 29.7 Å². The quantitative estimate of drug-likeness (QED) is 0.689. The van der Waals surface area contributed by atoms with Gasteiger partial charge in [0.25, 0.3) is 0 Å². The van der Waals surface area contributed by atoms with Crippen LogP contribution in [0.5, 0.6) is 0 Å². The Morgan fingerprint density at radius 2 is 1.75 bits per heavy atom. The maximum Gasteiger partial charge on any atom is 0.223 e. The molecule has 0 radical (unpaired) electrons. The molecule has 108 valence electrons. The van der Waals surface area contributed by atoms with Gasteiger partial charge in [0.2, 0.25) is 5.91 Å². The fraction of sp³-hybridized carbons (Fsp3) is 0.625. The number of amides is 1. The van der Waals surface area contributed by atoms with Crippen LogP contribution in [0.1, 0.15) is 48.2 Å². The highest BCUT2D eigenvalue weighted by atomic mass is 32.1. The molecule has 3 nitrogen and oxygen atoms in total. The highest BCUT2D eigenvalue weighted by Gasteiger charge is 2.31. The zero-order chi connectivity index (χ0) is 13.9. The molecule has 0 atom stereocenters. The van der Waals surface area contributed by atoms with Crippen LogP contribution in [-0.2, 0) is 4.79 Å². The summed E-state index contributed by atoms with van der Waals surface area (Å²) in [5.41, 5.74) is 0. The minimum atomic E-state index is 0.103. The molecule has 0 aliphatic heterocycles. The molecule has 0 saturated heterocycles. The molecule has 1 heterocycles. The molecule has 0 spiro atoms. The molecule has 1 aromatic heterocycles. The standard InChI is InChI=1S/C16H21NO2S/c18-14(15-2-1-9-20-15)7-8-16(19)17(10-12-3-4-12)11-13-5-6-13/h1-2,9,12-13H,3-8,10-11H2. The van der Waals surface area contributed by atoms with E-state index in [9.17, 15) is 9.59 Å². The van der Waals surface area contributed by atoms with Gasteiger partial charge >= 0.3 is 0 Å². The minimum Gasteiger partial charge on any atom is -0.342 e. The van der Waals surface area contributed by atoms with Crippen molar-refractivity contribution in [2.24, 2.45) is 11.8 Å². The van der Waals surface area contributed by atoms with Gasteiger partial charge in [-0.2, -0.15) is 0 Å². The van der Waals surface area contributed by atoms with E-state index in [4.69, 9.17) is 0 Å². The molecule has 2 aliphatic carbocycles. The second-order valence-corrected chi connectivity index (χ2v) is 7.03. The van der Waals surface area contributed by atoms with Gasteiger partial charge in [0, 0.05) is 25.9 Å². The van der Waals surface area contributed by atoms with E-state index in [-0.39, 0.29) is 11.7 Å². The number of Topliss-reactive ketones (excluding diaryl/α,β-unsaturated/α-hetero) is 1. The number of hydrogen-bond donors (Lipinski definition) is 0. The first-order valence-electron chi connectivity index (χ1n) is 7.57. The SMILES string of the molecule is O=C(CCC(=O)N(CC1CC1)CC1CC1)c1cccs1. The second-order valence-electron chi connectivity index (χ2n) is 6.09. The van der Waals surface area contributed by atoms with Crippen LogP contribution in [0.3, 0.4) is 0 Å². The third-order valence-electron chi connectivity index (χ3n) is 4.07. The fourth-order valence-electron chi connectivity index (χ4n) is 2.44. The Labute approximate surface area is 124 Å². The van der Waals surface area contributed by atoms with Crippen molar-refractivity contribution < 1.29 is 9.59 Å². The van der Waals surface area contributed by atoms with Gasteiger partial charge in [-0.05, 0) is 49.0 Å². The number of carbonyl (C=O) groups excluding carboxylic acids is 2. The molecule has 1 amide bonds. The van der Waals surface area contributed by atoms with Crippen LogP contribution in [0, 0.1) is 11.8 Å². The molecule has 4 heteroatoms. The minimum absolute atomic E-state index is 0.103. The van der Waals surface area contributed by atoms with E-state index in [1.54, 1.807) is 0 Å². The van der Waals surface area contributed by atoms with Gasteiger partial charge in [0.05, 0.1) is 4.88 Å². The highest BCUT2D eigenvalue weighted by Crippen LogP contribution is 2.34. The van der Waals surface area contributed by atoms with Crippen LogP contribution < -0.4 is 0 Å². The van der Waals surface area contributed by atoms with Crippen molar-refractivity contribution in [1.82, 2.24) is 4.90 Å². The van der Waals surface area contributed by atoms with Crippen molar-refractivity contribution >= 4 is 23.0 Å². The number of thiophene rings is 1. The lowest BCUT2D eigenvalue weighted by atomic mass is 10.1. The number of nitrogens with zero attached hydrogens (tertiary/aromatic N) is 1. The lowest BCUT2D eigenvalue weighted by Crippen LogP contribution is -2.34. The van der Waals surface area contributed by atoms with E-state index < -0.39 is 0 Å². The summed E-state index contributed by atoms with van der Waals surface area (Å²) in [6.07, 6.45) is 5.79. The summed E-state index contributed by atoms with van der Waals surface area (Å²) in [4.78, 5) is 27.1. The summed E-state index contributed by atoms with van der Waals surface area (Å²) in [5.74, 6) is 1.73. The molecule has 2 saturated carbocycles. The zero-order valence-corrected chi connectivity index (χ0v) is 12.5. The average Bonchev–Trinajstić information content (AvgIpc) is 3.37. The Bertz CT molecular complexity index is 461. The number of hydrogen-bond acceptors (Lipinski definition) is 3. The molecular formula is C16H21NO2S. The summed E-state index contributed by atoms with van der Waals surface area (Å²) >= 11 is 1.46. The highest BCUT2D eigenvalue weighted by molar-refractivity contribution is 7.12. The lowest BCUT2D eigenvalue weighted by molar-refractivity contribution is -0.131. The van der Waals surface area contributed by atoms with E-state index in [1.165, 1.54) is 37.0 Å². The van der Waals surface area contributed by atoms with Gasteiger partial charge in [-0.25, -0.2) is 0 Å². The second kappa shape index (κ2) is 6.08. The first kappa shape index (κ1) is 13.8. The molecule has 3 rings (SSSR count). The smallest absolute Gasteiger partial charge is 0.223 e. The molecule has 0 bridgehead atoms. The number of carbonyl (C=O) groups is 2. The Balaban J connectivity index is 1.48. The summed E-state index contributed by atoms with van der Waals surface area (Å²) in [6, 6.07) is 3.72. The van der Waals surface area contributed by atoms with Gasteiger partial charge in [-0.15, -0.1) is 11.3 Å². The largest absolute Gasteiger partial charge is 0.342 e. The zero-order valence-electron chi connectivity index (χ0n) is 11.7. The summed E-state index contributed by atoms with van der Waals surface area (Å²) in [7, 11) is 0. The first-order valence-corrected chi connectivity index (χ1v) is 8.45. The molecule has 0 N–H and O–H groups in total. The van der Waals surface area contributed by atoms with Gasteiger partial charge in [-0.3, -0.25) is 9.59 Å². The Morgan fingerprint density at radius 1 is 1.10 bits per heavy atom. The van der Waals surface area contributed by atoms with Crippen molar-refractivity contribution in [3.63, 3.8) is 0 Å². The van der Waals surface area contributed by atoms with Crippen LogP contribution in [0.4, 0.5) is 0 Å². The van der Waals surface area contributed by atoms with E-state index in [2.05, 4.69) is 0 Å². The molecule has 2 aliphatic rings. The van der Waals surface area contributed by atoms with Crippen molar-refractivity contribution in [3.05, 3.63) is 22.4 Å². The maximum absolute atomic E-state index is 12.3. The van der Waals surface area contributed by atoms with E-state index in [0.29, 0.717) is 12.8 Å². The first-order chi connectivity index (χ1) is 9.72. The van der Waals surface area contributed by atoms with Crippen LogP contribution in [0.25, 0.3) is 0 Å². The Hall–Kier alpha value is -1.16.